The lowest BCUT2D eigenvalue weighted by molar-refractivity contribution is -0.134. The summed E-state index contributed by atoms with van der Waals surface area (Å²) in [6.07, 6.45) is 1.79. The third-order valence-corrected chi connectivity index (χ3v) is 4.99. The SMILES string of the molecule is C[C@@H]1CC[C@H]([C@](O)(C(=O)c2ccccc2)c2ccccc2)C(=O)C1. The van der Waals surface area contributed by atoms with Crippen molar-refractivity contribution in [3.63, 3.8) is 0 Å². The van der Waals surface area contributed by atoms with Gasteiger partial charge in [0, 0.05) is 12.0 Å². The molecule has 2 aromatic rings. The molecule has 1 fully saturated rings. The fraction of sp³-hybridized carbons (Fsp3) is 0.333. The molecule has 0 bridgehead atoms. The van der Waals surface area contributed by atoms with Crippen LogP contribution in [0.3, 0.4) is 0 Å². The second kappa shape index (κ2) is 6.70. The first kappa shape index (κ1) is 16.6. The highest BCUT2D eigenvalue weighted by molar-refractivity contribution is 6.06. The molecule has 2 aromatic carbocycles. The molecule has 3 nitrogen and oxygen atoms in total. The van der Waals surface area contributed by atoms with E-state index in [4.69, 9.17) is 0 Å². The van der Waals surface area contributed by atoms with Crippen LogP contribution < -0.4 is 0 Å². The van der Waals surface area contributed by atoms with Crippen molar-refractivity contribution in [2.75, 3.05) is 0 Å². The van der Waals surface area contributed by atoms with Gasteiger partial charge in [0.15, 0.2) is 11.4 Å². The maximum atomic E-state index is 13.2. The maximum Gasteiger partial charge on any atom is 0.199 e. The second-order valence-corrected chi connectivity index (χ2v) is 6.73. The van der Waals surface area contributed by atoms with E-state index in [9.17, 15) is 14.7 Å². The number of Topliss-reactive ketones (excluding diaryl/α,β-unsaturated/α-hetero) is 2. The summed E-state index contributed by atoms with van der Waals surface area (Å²) in [7, 11) is 0. The first-order chi connectivity index (χ1) is 11.5. The van der Waals surface area contributed by atoms with Gasteiger partial charge in [-0.3, -0.25) is 9.59 Å². The normalized spacial score (nSPS) is 23.5. The number of carbonyl (C=O) groups is 2. The lowest BCUT2D eigenvalue weighted by Crippen LogP contribution is -2.48. The summed E-state index contributed by atoms with van der Waals surface area (Å²) in [6.45, 7) is 2.04. The van der Waals surface area contributed by atoms with Gasteiger partial charge in [-0.25, -0.2) is 0 Å². The molecule has 1 saturated carbocycles. The van der Waals surface area contributed by atoms with E-state index in [0.29, 0.717) is 29.9 Å². The zero-order valence-corrected chi connectivity index (χ0v) is 13.8. The average molecular weight is 322 g/mol. The molecule has 3 heteroatoms. The number of hydrogen-bond donors (Lipinski definition) is 1. The highest BCUT2D eigenvalue weighted by Gasteiger charge is 2.49. The summed E-state index contributed by atoms with van der Waals surface area (Å²) in [6, 6.07) is 17.6. The highest BCUT2D eigenvalue weighted by atomic mass is 16.3. The topological polar surface area (TPSA) is 54.4 Å². The molecule has 3 atom stereocenters. The maximum absolute atomic E-state index is 13.2. The minimum Gasteiger partial charge on any atom is -0.376 e. The fourth-order valence-electron chi connectivity index (χ4n) is 3.63. The van der Waals surface area contributed by atoms with Gasteiger partial charge in [0.2, 0.25) is 0 Å². The molecule has 0 saturated heterocycles. The Balaban J connectivity index is 2.08. The van der Waals surface area contributed by atoms with Crippen LogP contribution in [0.4, 0.5) is 0 Å². The van der Waals surface area contributed by atoms with E-state index >= 15 is 0 Å². The smallest absolute Gasteiger partial charge is 0.199 e. The Morgan fingerprint density at radius 2 is 1.58 bits per heavy atom. The Morgan fingerprint density at radius 1 is 1.00 bits per heavy atom. The number of ketones is 2. The van der Waals surface area contributed by atoms with Gasteiger partial charge in [-0.2, -0.15) is 0 Å². The molecule has 3 rings (SSSR count). The monoisotopic (exact) mass is 322 g/mol. The molecule has 0 aliphatic heterocycles. The van der Waals surface area contributed by atoms with E-state index in [1.54, 1.807) is 48.5 Å². The number of rotatable bonds is 4. The first-order valence-corrected chi connectivity index (χ1v) is 8.44. The van der Waals surface area contributed by atoms with Gasteiger partial charge in [-0.1, -0.05) is 67.6 Å². The molecule has 0 unspecified atom stereocenters. The van der Waals surface area contributed by atoms with Crippen molar-refractivity contribution >= 4 is 11.6 Å². The van der Waals surface area contributed by atoms with Crippen molar-refractivity contribution in [3.8, 4) is 0 Å². The quantitative estimate of drug-likeness (QED) is 0.872. The van der Waals surface area contributed by atoms with E-state index in [1.807, 2.05) is 19.1 Å². The van der Waals surface area contributed by atoms with Gasteiger partial charge in [-0.05, 0) is 24.3 Å². The van der Waals surface area contributed by atoms with Gasteiger partial charge in [-0.15, -0.1) is 0 Å². The van der Waals surface area contributed by atoms with E-state index in [1.165, 1.54) is 0 Å². The predicted octanol–water partition coefficient (Wildman–Crippen LogP) is 3.76. The van der Waals surface area contributed by atoms with Gasteiger partial charge >= 0.3 is 0 Å². The molecule has 1 aliphatic carbocycles. The Morgan fingerprint density at radius 3 is 2.17 bits per heavy atom. The van der Waals surface area contributed by atoms with Crippen molar-refractivity contribution in [3.05, 3.63) is 71.8 Å². The number of benzene rings is 2. The van der Waals surface area contributed by atoms with Crippen LogP contribution in [0.15, 0.2) is 60.7 Å². The summed E-state index contributed by atoms with van der Waals surface area (Å²) in [4.78, 5) is 25.8. The van der Waals surface area contributed by atoms with Crippen molar-refractivity contribution in [2.24, 2.45) is 11.8 Å². The predicted molar refractivity (Wildman–Crippen MR) is 92.6 cm³/mol. The summed E-state index contributed by atoms with van der Waals surface area (Å²) in [5, 5.41) is 11.5. The van der Waals surface area contributed by atoms with Gasteiger partial charge in [0.1, 0.15) is 5.78 Å². The van der Waals surface area contributed by atoms with Gasteiger partial charge in [0.25, 0.3) is 0 Å². The lowest BCUT2D eigenvalue weighted by atomic mass is 9.67. The molecule has 0 aromatic heterocycles. The fourth-order valence-corrected chi connectivity index (χ4v) is 3.63. The van der Waals surface area contributed by atoms with Crippen molar-refractivity contribution in [2.45, 2.75) is 31.8 Å². The van der Waals surface area contributed by atoms with Crippen LogP contribution in [0.2, 0.25) is 0 Å². The van der Waals surface area contributed by atoms with Crippen LogP contribution in [0.5, 0.6) is 0 Å². The van der Waals surface area contributed by atoms with E-state index in [2.05, 4.69) is 0 Å². The lowest BCUT2D eigenvalue weighted by Gasteiger charge is -2.38. The van der Waals surface area contributed by atoms with Gasteiger partial charge in [0.05, 0.1) is 5.92 Å². The minimum atomic E-state index is -1.81. The minimum absolute atomic E-state index is 0.0237. The Kier molecular flexibility index (Phi) is 4.63. The van der Waals surface area contributed by atoms with Crippen LogP contribution in [-0.2, 0) is 10.4 Å². The molecule has 0 amide bonds. The number of carbonyl (C=O) groups excluding carboxylic acids is 2. The standard InChI is InChI=1S/C21H22O3/c1-15-12-13-18(19(22)14-15)21(24,17-10-6-3-7-11-17)20(23)16-8-4-2-5-9-16/h2-11,15,18,24H,12-14H2,1H3/t15-,18+,21+/m1/s1. The van der Waals surface area contributed by atoms with E-state index in [0.717, 1.165) is 6.42 Å². The summed E-state index contributed by atoms with van der Waals surface area (Å²) < 4.78 is 0. The molecule has 124 valence electrons. The van der Waals surface area contributed by atoms with Crippen LogP contribution in [0.25, 0.3) is 0 Å². The molecule has 0 heterocycles. The second-order valence-electron chi connectivity index (χ2n) is 6.73. The Hall–Kier alpha value is -2.26. The van der Waals surface area contributed by atoms with Crippen molar-refractivity contribution < 1.29 is 14.7 Å². The first-order valence-electron chi connectivity index (χ1n) is 8.44. The molecular weight excluding hydrogens is 300 g/mol. The molecule has 0 spiro atoms. The van der Waals surface area contributed by atoms with E-state index in [-0.39, 0.29) is 5.78 Å². The average Bonchev–Trinajstić information content (AvgIpc) is 2.62. The van der Waals surface area contributed by atoms with Crippen molar-refractivity contribution in [1.29, 1.82) is 0 Å². The molecule has 1 aliphatic rings. The Labute approximate surface area is 142 Å². The number of hydrogen-bond acceptors (Lipinski definition) is 3. The summed E-state index contributed by atoms with van der Waals surface area (Å²) in [5.41, 5.74) is -0.887. The molecule has 24 heavy (non-hydrogen) atoms. The van der Waals surface area contributed by atoms with Crippen LogP contribution in [-0.4, -0.2) is 16.7 Å². The van der Waals surface area contributed by atoms with E-state index < -0.39 is 17.3 Å². The zero-order valence-electron chi connectivity index (χ0n) is 13.8. The van der Waals surface area contributed by atoms with Crippen LogP contribution in [0, 0.1) is 11.8 Å². The molecule has 0 radical (unpaired) electrons. The summed E-state index contributed by atoms with van der Waals surface area (Å²) in [5.74, 6) is -0.809. The molecule has 1 N–H and O–H groups in total. The van der Waals surface area contributed by atoms with Crippen LogP contribution in [0.1, 0.15) is 42.1 Å². The third kappa shape index (κ3) is 2.92. The number of aliphatic hydroxyl groups is 1. The highest BCUT2D eigenvalue weighted by Crippen LogP contribution is 2.41. The zero-order chi connectivity index (χ0) is 17.2. The largest absolute Gasteiger partial charge is 0.376 e. The van der Waals surface area contributed by atoms with Crippen molar-refractivity contribution in [1.82, 2.24) is 0 Å². The molecular formula is C21H22O3. The summed E-state index contributed by atoms with van der Waals surface area (Å²) >= 11 is 0. The van der Waals surface area contributed by atoms with Crippen LogP contribution >= 0.6 is 0 Å². The third-order valence-electron chi connectivity index (χ3n) is 4.99. The van der Waals surface area contributed by atoms with Gasteiger partial charge < -0.3 is 5.11 Å². The Bertz CT molecular complexity index is 723.